The van der Waals surface area contributed by atoms with Crippen LogP contribution in [0, 0.1) is 25.2 Å². The van der Waals surface area contributed by atoms with Crippen molar-refractivity contribution in [2.75, 3.05) is 5.32 Å². The average molecular weight is 301 g/mol. The summed E-state index contributed by atoms with van der Waals surface area (Å²) in [5, 5.41) is 12.2. The van der Waals surface area contributed by atoms with Gasteiger partial charge in [0.25, 0.3) is 0 Å². The summed E-state index contributed by atoms with van der Waals surface area (Å²) in [6.07, 6.45) is 0. The molecule has 0 saturated carbocycles. The average Bonchev–Trinajstić information content (AvgIpc) is 2.34. The van der Waals surface area contributed by atoms with E-state index in [-0.39, 0.29) is 0 Å². The Balaban J connectivity index is 2.32. The summed E-state index contributed by atoms with van der Waals surface area (Å²) in [5.74, 6) is 0. The first-order chi connectivity index (χ1) is 8.60. The molecular formula is C15H13BrN2. The van der Waals surface area contributed by atoms with Gasteiger partial charge in [0.2, 0.25) is 0 Å². The molecule has 2 aromatic carbocycles. The molecule has 0 aliphatic heterocycles. The van der Waals surface area contributed by atoms with Crippen molar-refractivity contribution < 1.29 is 0 Å². The van der Waals surface area contributed by atoms with Crippen molar-refractivity contribution >= 4 is 27.3 Å². The van der Waals surface area contributed by atoms with E-state index in [0.29, 0.717) is 5.56 Å². The van der Waals surface area contributed by atoms with Crippen LogP contribution in [-0.2, 0) is 0 Å². The lowest BCUT2D eigenvalue weighted by Gasteiger charge is -2.11. The first-order valence-electron chi connectivity index (χ1n) is 5.64. The Morgan fingerprint density at radius 1 is 1.11 bits per heavy atom. The summed E-state index contributed by atoms with van der Waals surface area (Å²) in [5.41, 5.74) is 5.11. The number of hydrogen-bond acceptors (Lipinski definition) is 2. The van der Waals surface area contributed by atoms with E-state index in [1.54, 1.807) is 6.07 Å². The van der Waals surface area contributed by atoms with Crippen LogP contribution in [0.25, 0.3) is 0 Å². The minimum absolute atomic E-state index is 0.640. The first-order valence-corrected chi connectivity index (χ1v) is 6.43. The van der Waals surface area contributed by atoms with E-state index in [1.165, 1.54) is 11.1 Å². The molecule has 2 rings (SSSR count). The number of nitriles is 1. The maximum Gasteiger partial charge on any atom is 0.100 e. The van der Waals surface area contributed by atoms with Crippen LogP contribution in [0.15, 0.2) is 40.9 Å². The molecule has 0 aromatic heterocycles. The molecule has 0 atom stereocenters. The van der Waals surface area contributed by atoms with Crippen molar-refractivity contribution in [1.82, 2.24) is 0 Å². The Morgan fingerprint density at radius 3 is 2.56 bits per heavy atom. The number of rotatable bonds is 2. The Morgan fingerprint density at radius 2 is 1.89 bits per heavy atom. The van der Waals surface area contributed by atoms with E-state index < -0.39 is 0 Å². The number of aryl methyl sites for hydroxylation is 2. The van der Waals surface area contributed by atoms with Gasteiger partial charge in [-0.25, -0.2) is 0 Å². The van der Waals surface area contributed by atoms with Crippen LogP contribution in [0.4, 0.5) is 11.4 Å². The third-order valence-corrected chi connectivity index (χ3v) is 3.42. The highest BCUT2D eigenvalue weighted by Gasteiger charge is 2.03. The summed E-state index contributed by atoms with van der Waals surface area (Å²) in [4.78, 5) is 0. The number of benzene rings is 2. The normalized spacial score (nSPS) is 9.89. The van der Waals surface area contributed by atoms with Gasteiger partial charge in [-0.3, -0.25) is 0 Å². The van der Waals surface area contributed by atoms with Gasteiger partial charge in [0.1, 0.15) is 6.07 Å². The van der Waals surface area contributed by atoms with Crippen LogP contribution >= 0.6 is 15.9 Å². The molecule has 0 radical (unpaired) electrons. The molecule has 0 heterocycles. The lowest BCUT2D eigenvalue weighted by Crippen LogP contribution is -1.94. The van der Waals surface area contributed by atoms with Gasteiger partial charge in [-0.15, -0.1) is 0 Å². The highest BCUT2D eigenvalue weighted by atomic mass is 79.9. The van der Waals surface area contributed by atoms with E-state index >= 15 is 0 Å². The molecular weight excluding hydrogens is 288 g/mol. The molecule has 0 saturated heterocycles. The second kappa shape index (κ2) is 5.24. The zero-order valence-corrected chi connectivity index (χ0v) is 11.9. The predicted molar refractivity (Wildman–Crippen MR) is 78.1 cm³/mol. The highest BCUT2D eigenvalue weighted by Crippen LogP contribution is 2.25. The summed E-state index contributed by atoms with van der Waals surface area (Å²) >= 11 is 3.39. The van der Waals surface area contributed by atoms with E-state index in [9.17, 15) is 0 Å². The summed E-state index contributed by atoms with van der Waals surface area (Å²) < 4.78 is 0.806. The molecule has 0 amide bonds. The van der Waals surface area contributed by atoms with Crippen LogP contribution < -0.4 is 5.32 Å². The summed E-state index contributed by atoms with van der Waals surface area (Å²) in [6, 6.07) is 14.1. The van der Waals surface area contributed by atoms with Crippen LogP contribution in [-0.4, -0.2) is 0 Å². The van der Waals surface area contributed by atoms with Crippen LogP contribution in [0.3, 0.4) is 0 Å². The second-order valence-corrected chi connectivity index (χ2v) is 5.10. The fourth-order valence-corrected chi connectivity index (χ4v) is 2.18. The molecule has 0 aliphatic rings. The second-order valence-electron chi connectivity index (χ2n) is 4.25. The topological polar surface area (TPSA) is 35.8 Å². The van der Waals surface area contributed by atoms with Gasteiger partial charge in [-0.2, -0.15) is 5.26 Å². The van der Waals surface area contributed by atoms with Crippen LogP contribution in [0.2, 0.25) is 0 Å². The quantitative estimate of drug-likeness (QED) is 0.874. The van der Waals surface area contributed by atoms with E-state index in [1.807, 2.05) is 12.1 Å². The number of nitrogens with zero attached hydrogens (tertiary/aromatic N) is 1. The maximum atomic E-state index is 8.88. The minimum Gasteiger partial charge on any atom is -0.355 e. The van der Waals surface area contributed by atoms with Crippen molar-refractivity contribution in [2.45, 2.75) is 13.8 Å². The SMILES string of the molecule is Cc1ccc(C)c(Nc2ccc(C#N)c(Br)c2)c1. The molecule has 18 heavy (non-hydrogen) atoms. The monoisotopic (exact) mass is 300 g/mol. The Bertz CT molecular complexity index is 627. The Hall–Kier alpha value is -1.79. The number of halogens is 1. The Labute approximate surface area is 115 Å². The summed E-state index contributed by atoms with van der Waals surface area (Å²) in [7, 11) is 0. The molecule has 2 aromatic rings. The fraction of sp³-hybridized carbons (Fsp3) is 0.133. The largest absolute Gasteiger partial charge is 0.355 e. The smallest absolute Gasteiger partial charge is 0.100 e. The third-order valence-electron chi connectivity index (χ3n) is 2.76. The predicted octanol–water partition coefficient (Wildman–Crippen LogP) is 4.68. The van der Waals surface area contributed by atoms with Crippen LogP contribution in [0.1, 0.15) is 16.7 Å². The van der Waals surface area contributed by atoms with Crippen molar-refractivity contribution in [2.24, 2.45) is 0 Å². The lowest BCUT2D eigenvalue weighted by atomic mass is 10.1. The van der Waals surface area contributed by atoms with E-state index in [2.05, 4.69) is 59.4 Å². The fourth-order valence-electron chi connectivity index (χ4n) is 1.71. The highest BCUT2D eigenvalue weighted by molar-refractivity contribution is 9.10. The molecule has 0 spiro atoms. The standard InChI is InChI=1S/C15H13BrN2/c1-10-3-4-11(2)15(7-10)18-13-6-5-12(9-17)14(16)8-13/h3-8,18H,1-2H3. The van der Waals surface area contributed by atoms with Gasteiger partial charge in [-0.1, -0.05) is 12.1 Å². The molecule has 0 aliphatic carbocycles. The minimum atomic E-state index is 0.640. The zero-order valence-electron chi connectivity index (χ0n) is 10.3. The van der Waals surface area contributed by atoms with Gasteiger partial charge in [0, 0.05) is 15.8 Å². The van der Waals surface area contributed by atoms with Gasteiger partial charge < -0.3 is 5.32 Å². The molecule has 3 heteroatoms. The molecule has 90 valence electrons. The zero-order chi connectivity index (χ0) is 13.1. The Kier molecular flexibility index (Phi) is 3.69. The molecule has 1 N–H and O–H groups in total. The van der Waals surface area contributed by atoms with E-state index in [4.69, 9.17) is 5.26 Å². The van der Waals surface area contributed by atoms with Crippen molar-refractivity contribution in [3.8, 4) is 6.07 Å². The summed E-state index contributed by atoms with van der Waals surface area (Å²) in [6.45, 7) is 4.14. The van der Waals surface area contributed by atoms with Crippen molar-refractivity contribution in [1.29, 1.82) is 5.26 Å². The molecule has 0 fully saturated rings. The lowest BCUT2D eigenvalue weighted by molar-refractivity contribution is 1.37. The first kappa shape index (κ1) is 12.7. The number of nitrogens with one attached hydrogen (secondary N) is 1. The van der Waals surface area contributed by atoms with Gasteiger partial charge in [-0.05, 0) is 65.2 Å². The molecule has 0 bridgehead atoms. The van der Waals surface area contributed by atoms with Gasteiger partial charge >= 0.3 is 0 Å². The number of hydrogen-bond donors (Lipinski definition) is 1. The van der Waals surface area contributed by atoms with Crippen molar-refractivity contribution in [3.63, 3.8) is 0 Å². The van der Waals surface area contributed by atoms with Crippen molar-refractivity contribution in [3.05, 3.63) is 57.6 Å². The molecule has 0 unspecified atom stereocenters. The van der Waals surface area contributed by atoms with Gasteiger partial charge in [0.15, 0.2) is 0 Å². The number of anilines is 2. The third kappa shape index (κ3) is 2.72. The maximum absolute atomic E-state index is 8.88. The van der Waals surface area contributed by atoms with Crippen LogP contribution in [0.5, 0.6) is 0 Å². The van der Waals surface area contributed by atoms with E-state index in [0.717, 1.165) is 15.8 Å². The van der Waals surface area contributed by atoms with Gasteiger partial charge in [0.05, 0.1) is 5.56 Å². The molecule has 2 nitrogen and oxygen atoms in total.